The molecule has 1 saturated heterocycles. The Hall–Kier alpha value is -4.40. The van der Waals surface area contributed by atoms with Gasteiger partial charge in [-0.25, -0.2) is 14.0 Å². The Labute approximate surface area is 208 Å². The molecule has 0 bridgehead atoms. The van der Waals surface area contributed by atoms with Crippen LogP contribution in [0.2, 0.25) is 0 Å². The molecule has 0 aromatic heterocycles. The second-order valence-corrected chi connectivity index (χ2v) is 8.26. The van der Waals surface area contributed by atoms with Gasteiger partial charge < -0.3 is 25.6 Å². The van der Waals surface area contributed by atoms with Gasteiger partial charge in [-0.2, -0.15) is 0 Å². The van der Waals surface area contributed by atoms with Gasteiger partial charge in [0, 0.05) is 30.0 Å². The van der Waals surface area contributed by atoms with Crippen LogP contribution in [-0.4, -0.2) is 37.6 Å². The molecule has 0 unspecified atom stereocenters. The highest BCUT2D eigenvalue weighted by Gasteiger charge is 2.18. The smallest absolute Gasteiger partial charge is 0.338 e. The first-order valence-electron chi connectivity index (χ1n) is 11.7. The van der Waals surface area contributed by atoms with Crippen LogP contribution in [0.3, 0.4) is 0 Å². The Balaban J connectivity index is 1.49. The molecule has 3 amide bonds. The topological polar surface area (TPSA) is 99.8 Å². The van der Waals surface area contributed by atoms with Crippen molar-refractivity contribution in [2.75, 3.05) is 40.5 Å². The van der Waals surface area contributed by atoms with E-state index in [1.54, 1.807) is 43.3 Å². The number of rotatable bonds is 7. The molecule has 3 N–H and O–H groups in total. The van der Waals surface area contributed by atoms with Crippen LogP contribution >= 0.6 is 0 Å². The van der Waals surface area contributed by atoms with Crippen LogP contribution in [0.4, 0.5) is 31.9 Å². The summed E-state index contributed by atoms with van der Waals surface area (Å²) in [6, 6.07) is 16.5. The fraction of sp³-hybridized carbons (Fsp3) is 0.222. The number of benzene rings is 3. The van der Waals surface area contributed by atoms with Crippen LogP contribution in [0.1, 0.15) is 40.5 Å². The van der Waals surface area contributed by atoms with Gasteiger partial charge in [-0.15, -0.1) is 0 Å². The molecule has 1 fully saturated rings. The quantitative estimate of drug-likeness (QED) is 0.380. The second kappa shape index (κ2) is 11.4. The van der Waals surface area contributed by atoms with E-state index in [0.29, 0.717) is 28.2 Å². The van der Waals surface area contributed by atoms with Gasteiger partial charge in [0.25, 0.3) is 5.91 Å². The first-order valence-corrected chi connectivity index (χ1v) is 11.7. The second-order valence-electron chi connectivity index (χ2n) is 8.26. The van der Waals surface area contributed by atoms with Crippen molar-refractivity contribution in [3.8, 4) is 0 Å². The summed E-state index contributed by atoms with van der Waals surface area (Å²) in [7, 11) is 0. The van der Waals surface area contributed by atoms with Crippen LogP contribution < -0.4 is 20.9 Å². The fourth-order valence-electron chi connectivity index (χ4n) is 3.94. The Kier molecular flexibility index (Phi) is 7.79. The number of halogens is 1. The maximum atomic E-state index is 13.2. The minimum absolute atomic E-state index is 0.282. The summed E-state index contributed by atoms with van der Waals surface area (Å²) >= 11 is 0. The van der Waals surface area contributed by atoms with Gasteiger partial charge in [0.15, 0.2) is 0 Å². The predicted octanol–water partition coefficient (Wildman–Crippen LogP) is 5.50. The Morgan fingerprint density at radius 2 is 1.47 bits per heavy atom. The lowest BCUT2D eigenvalue weighted by Gasteiger charge is -2.22. The summed E-state index contributed by atoms with van der Waals surface area (Å²) in [5.41, 5.74) is 3.09. The van der Waals surface area contributed by atoms with E-state index in [2.05, 4.69) is 20.9 Å². The van der Waals surface area contributed by atoms with Crippen LogP contribution in [-0.2, 0) is 4.74 Å². The lowest BCUT2D eigenvalue weighted by Crippen LogP contribution is -2.24. The molecule has 0 spiro atoms. The van der Waals surface area contributed by atoms with Crippen molar-refractivity contribution in [3.05, 3.63) is 83.7 Å². The van der Waals surface area contributed by atoms with Gasteiger partial charge in [-0.05, 0) is 86.5 Å². The maximum Gasteiger partial charge on any atom is 0.338 e. The summed E-state index contributed by atoms with van der Waals surface area (Å²) in [5, 5.41) is 8.41. The van der Waals surface area contributed by atoms with Crippen molar-refractivity contribution in [1.82, 2.24) is 0 Å². The van der Waals surface area contributed by atoms with Crippen molar-refractivity contribution in [3.63, 3.8) is 0 Å². The van der Waals surface area contributed by atoms with Gasteiger partial charge in [0.1, 0.15) is 5.82 Å². The molecule has 1 aliphatic heterocycles. The van der Waals surface area contributed by atoms with Gasteiger partial charge in [0.2, 0.25) is 0 Å². The van der Waals surface area contributed by atoms with E-state index in [4.69, 9.17) is 4.74 Å². The molecule has 8 nitrogen and oxygen atoms in total. The van der Waals surface area contributed by atoms with E-state index in [1.165, 1.54) is 24.3 Å². The number of hydrogen-bond acceptors (Lipinski definition) is 5. The fourth-order valence-corrected chi connectivity index (χ4v) is 3.94. The minimum atomic E-state index is -0.471. The number of carbonyl (C=O) groups is 3. The van der Waals surface area contributed by atoms with Crippen molar-refractivity contribution in [2.24, 2.45) is 0 Å². The van der Waals surface area contributed by atoms with Gasteiger partial charge in [-0.1, -0.05) is 0 Å². The van der Waals surface area contributed by atoms with Gasteiger partial charge in [0.05, 0.1) is 23.5 Å². The lowest BCUT2D eigenvalue weighted by atomic mass is 10.2. The lowest BCUT2D eigenvalue weighted by molar-refractivity contribution is 0.0526. The summed E-state index contributed by atoms with van der Waals surface area (Å²) in [6.07, 6.45) is 2.11. The Morgan fingerprint density at radius 1 is 0.833 bits per heavy atom. The molecule has 0 saturated carbocycles. The van der Waals surface area contributed by atoms with Gasteiger partial charge >= 0.3 is 12.0 Å². The Bertz CT molecular complexity index is 1240. The highest BCUT2D eigenvalue weighted by molar-refractivity contribution is 6.06. The SMILES string of the molecule is CCOC(=O)c1ccc(NC(=O)Nc2cc(NC(=O)c3ccc(F)cc3)ccc2N2CCCC2)cc1. The third-order valence-electron chi connectivity index (χ3n) is 5.71. The predicted molar refractivity (Wildman–Crippen MR) is 137 cm³/mol. The van der Waals surface area contributed by atoms with E-state index in [9.17, 15) is 18.8 Å². The number of urea groups is 1. The number of esters is 1. The van der Waals surface area contributed by atoms with Crippen LogP contribution in [0.15, 0.2) is 66.7 Å². The van der Waals surface area contributed by atoms with Crippen molar-refractivity contribution in [1.29, 1.82) is 0 Å². The highest BCUT2D eigenvalue weighted by Crippen LogP contribution is 2.32. The van der Waals surface area contributed by atoms with Crippen molar-refractivity contribution in [2.45, 2.75) is 19.8 Å². The molecule has 186 valence electrons. The number of carbonyl (C=O) groups excluding carboxylic acids is 3. The molecule has 36 heavy (non-hydrogen) atoms. The van der Waals surface area contributed by atoms with Crippen molar-refractivity contribution < 1.29 is 23.5 Å². The van der Waals surface area contributed by atoms with E-state index in [1.807, 2.05) is 6.07 Å². The van der Waals surface area contributed by atoms with Crippen molar-refractivity contribution >= 4 is 40.7 Å². The number of nitrogens with zero attached hydrogens (tertiary/aromatic N) is 1. The molecule has 9 heteroatoms. The summed E-state index contributed by atoms with van der Waals surface area (Å²) in [5.74, 6) is -1.24. The van der Waals surface area contributed by atoms with E-state index in [0.717, 1.165) is 31.6 Å². The largest absolute Gasteiger partial charge is 0.462 e. The zero-order chi connectivity index (χ0) is 25.5. The molecule has 1 aliphatic rings. The molecular formula is C27H27FN4O4. The minimum Gasteiger partial charge on any atom is -0.462 e. The molecule has 0 radical (unpaired) electrons. The standard InChI is InChI=1S/C27H27FN4O4/c1-2-36-26(34)19-7-11-21(12-8-19)30-27(35)31-23-17-22(13-14-24(23)32-15-3-4-16-32)29-25(33)18-5-9-20(28)10-6-18/h5-14,17H,2-4,15-16H2,1H3,(H,29,33)(H2,30,31,35). The normalized spacial score (nSPS) is 12.7. The first-order chi connectivity index (χ1) is 17.4. The van der Waals surface area contributed by atoms with E-state index in [-0.39, 0.29) is 12.5 Å². The van der Waals surface area contributed by atoms with E-state index < -0.39 is 17.8 Å². The molecule has 1 heterocycles. The van der Waals surface area contributed by atoms with Crippen LogP contribution in [0, 0.1) is 5.82 Å². The summed E-state index contributed by atoms with van der Waals surface area (Å²) in [4.78, 5) is 39.4. The van der Waals surface area contributed by atoms with Gasteiger partial charge in [-0.3, -0.25) is 4.79 Å². The Morgan fingerprint density at radius 3 is 2.14 bits per heavy atom. The molecule has 3 aromatic carbocycles. The monoisotopic (exact) mass is 490 g/mol. The molecule has 3 aromatic rings. The first kappa shape index (κ1) is 24.7. The van der Waals surface area contributed by atoms with Crippen LogP contribution in [0.5, 0.6) is 0 Å². The molecule has 4 rings (SSSR count). The summed E-state index contributed by atoms with van der Waals surface area (Å²) in [6.45, 7) is 3.75. The number of amides is 3. The number of ether oxygens (including phenoxy) is 1. The van der Waals surface area contributed by atoms with E-state index >= 15 is 0 Å². The number of hydrogen-bond donors (Lipinski definition) is 3. The maximum absolute atomic E-state index is 13.2. The highest BCUT2D eigenvalue weighted by atomic mass is 19.1. The third-order valence-corrected chi connectivity index (χ3v) is 5.71. The zero-order valence-corrected chi connectivity index (χ0v) is 19.8. The zero-order valence-electron chi connectivity index (χ0n) is 19.8. The van der Waals surface area contributed by atoms with Crippen LogP contribution in [0.25, 0.3) is 0 Å². The third kappa shape index (κ3) is 6.18. The number of nitrogens with one attached hydrogen (secondary N) is 3. The molecular weight excluding hydrogens is 463 g/mol. The number of anilines is 4. The molecule has 0 atom stereocenters. The molecule has 0 aliphatic carbocycles. The average Bonchev–Trinajstić information content (AvgIpc) is 3.40. The average molecular weight is 491 g/mol. The summed E-state index contributed by atoms with van der Waals surface area (Å²) < 4.78 is 18.2.